The third kappa shape index (κ3) is 4.39. The summed E-state index contributed by atoms with van der Waals surface area (Å²) in [6.07, 6.45) is 3.41. The lowest BCUT2D eigenvalue weighted by Crippen LogP contribution is -2.46. The highest BCUT2D eigenvalue weighted by Gasteiger charge is 2.37. The predicted molar refractivity (Wildman–Crippen MR) is 77.9 cm³/mol. The van der Waals surface area contributed by atoms with Gasteiger partial charge in [-0.3, -0.25) is 4.79 Å². The van der Waals surface area contributed by atoms with Gasteiger partial charge in [0.1, 0.15) is 19.0 Å². The van der Waals surface area contributed by atoms with Crippen LogP contribution in [0.1, 0.15) is 19.4 Å². The van der Waals surface area contributed by atoms with Crippen LogP contribution in [0.2, 0.25) is 0 Å². The summed E-state index contributed by atoms with van der Waals surface area (Å²) < 4.78 is 21.7. The molecular formula is C16H20O5. The first-order valence-corrected chi connectivity index (χ1v) is 6.84. The van der Waals surface area contributed by atoms with Gasteiger partial charge in [-0.05, 0) is 31.5 Å². The van der Waals surface area contributed by atoms with Crippen molar-refractivity contribution in [1.29, 1.82) is 0 Å². The SMILES string of the molecule is COc1ccc(/C=C/C2(OC(C)C)OCC(=O)CO2)cc1. The van der Waals surface area contributed by atoms with E-state index in [1.807, 2.05) is 44.2 Å². The van der Waals surface area contributed by atoms with Crippen molar-refractivity contribution >= 4 is 11.9 Å². The number of carbonyl (C=O) groups excluding carboxylic acids is 1. The van der Waals surface area contributed by atoms with E-state index in [0.29, 0.717) is 0 Å². The average Bonchev–Trinajstić information content (AvgIpc) is 2.48. The highest BCUT2D eigenvalue weighted by molar-refractivity contribution is 5.81. The molecule has 0 spiro atoms. The van der Waals surface area contributed by atoms with E-state index in [4.69, 9.17) is 18.9 Å². The summed E-state index contributed by atoms with van der Waals surface area (Å²) in [5.41, 5.74) is 0.951. The van der Waals surface area contributed by atoms with E-state index in [1.54, 1.807) is 13.2 Å². The molecule has 1 aromatic rings. The standard InChI is InChI=1S/C16H20O5/c1-12(2)21-16(19-10-14(17)11-20-16)9-8-13-4-6-15(18-3)7-5-13/h4-9,12H,10-11H2,1-3H3/b9-8+. The van der Waals surface area contributed by atoms with Gasteiger partial charge in [0.25, 0.3) is 0 Å². The minimum atomic E-state index is -1.30. The molecule has 1 fully saturated rings. The van der Waals surface area contributed by atoms with Gasteiger partial charge in [-0.2, -0.15) is 0 Å². The maximum absolute atomic E-state index is 11.2. The van der Waals surface area contributed by atoms with E-state index >= 15 is 0 Å². The summed E-state index contributed by atoms with van der Waals surface area (Å²) in [7, 11) is 1.62. The van der Waals surface area contributed by atoms with Crippen molar-refractivity contribution in [2.45, 2.75) is 25.9 Å². The van der Waals surface area contributed by atoms with Gasteiger partial charge >= 0.3 is 5.97 Å². The molecule has 1 aromatic carbocycles. The molecule has 0 aromatic heterocycles. The fourth-order valence-electron chi connectivity index (χ4n) is 1.89. The Kier molecular flexibility index (Phi) is 5.12. The Labute approximate surface area is 124 Å². The Morgan fingerprint density at radius 3 is 2.33 bits per heavy atom. The van der Waals surface area contributed by atoms with Crippen LogP contribution >= 0.6 is 0 Å². The zero-order valence-corrected chi connectivity index (χ0v) is 12.5. The first-order valence-electron chi connectivity index (χ1n) is 6.84. The van der Waals surface area contributed by atoms with Crippen LogP contribution in [0, 0.1) is 0 Å². The van der Waals surface area contributed by atoms with Crippen molar-refractivity contribution in [3.63, 3.8) is 0 Å². The van der Waals surface area contributed by atoms with Crippen molar-refractivity contribution in [2.24, 2.45) is 0 Å². The molecule has 0 saturated carbocycles. The number of rotatable bonds is 5. The first kappa shape index (κ1) is 15.7. The second-order valence-corrected chi connectivity index (χ2v) is 4.99. The number of ketones is 1. The Hall–Kier alpha value is -1.69. The molecule has 0 aliphatic carbocycles. The third-order valence-corrected chi connectivity index (χ3v) is 2.86. The third-order valence-electron chi connectivity index (χ3n) is 2.86. The van der Waals surface area contributed by atoms with Crippen LogP contribution < -0.4 is 4.74 Å². The highest BCUT2D eigenvalue weighted by atomic mass is 16.9. The maximum atomic E-state index is 11.2. The molecule has 1 aliphatic rings. The quantitative estimate of drug-likeness (QED) is 0.834. The molecule has 1 saturated heterocycles. The van der Waals surface area contributed by atoms with Crippen molar-refractivity contribution in [1.82, 2.24) is 0 Å². The number of carbonyl (C=O) groups is 1. The second kappa shape index (κ2) is 6.85. The molecule has 114 valence electrons. The molecule has 0 atom stereocenters. The summed E-state index contributed by atoms with van der Waals surface area (Å²) in [5.74, 6) is -0.617. The maximum Gasteiger partial charge on any atom is 0.306 e. The van der Waals surface area contributed by atoms with Crippen LogP contribution in [0.3, 0.4) is 0 Å². The molecular weight excluding hydrogens is 272 g/mol. The molecule has 21 heavy (non-hydrogen) atoms. The van der Waals surface area contributed by atoms with E-state index in [1.165, 1.54) is 0 Å². The second-order valence-electron chi connectivity index (χ2n) is 4.99. The minimum absolute atomic E-state index is 0.0142. The van der Waals surface area contributed by atoms with Crippen molar-refractivity contribution in [2.75, 3.05) is 20.3 Å². The predicted octanol–water partition coefficient (Wildman–Crippen LogP) is 2.40. The minimum Gasteiger partial charge on any atom is -0.497 e. The molecule has 0 radical (unpaired) electrons. The van der Waals surface area contributed by atoms with Crippen molar-refractivity contribution < 1.29 is 23.7 Å². The Morgan fingerprint density at radius 2 is 1.81 bits per heavy atom. The van der Waals surface area contributed by atoms with Gasteiger partial charge < -0.3 is 18.9 Å². The molecule has 0 N–H and O–H groups in total. The summed E-state index contributed by atoms with van der Waals surface area (Å²) >= 11 is 0. The molecule has 0 amide bonds. The van der Waals surface area contributed by atoms with E-state index in [9.17, 15) is 4.79 Å². The fraction of sp³-hybridized carbons (Fsp3) is 0.438. The van der Waals surface area contributed by atoms with E-state index in [-0.39, 0.29) is 25.1 Å². The fourth-order valence-corrected chi connectivity index (χ4v) is 1.89. The zero-order chi connectivity index (χ0) is 15.3. The van der Waals surface area contributed by atoms with Crippen LogP contribution in [-0.4, -0.2) is 38.2 Å². The molecule has 2 rings (SSSR count). The molecule has 1 heterocycles. The molecule has 1 aliphatic heterocycles. The van der Waals surface area contributed by atoms with Crippen LogP contribution in [-0.2, 0) is 19.0 Å². The van der Waals surface area contributed by atoms with Gasteiger partial charge in [0.2, 0.25) is 0 Å². The van der Waals surface area contributed by atoms with Gasteiger partial charge in [-0.1, -0.05) is 18.2 Å². The average molecular weight is 292 g/mol. The lowest BCUT2D eigenvalue weighted by molar-refractivity contribution is -0.366. The normalized spacial score (nSPS) is 18.4. The number of hydrogen-bond donors (Lipinski definition) is 0. The monoisotopic (exact) mass is 292 g/mol. The van der Waals surface area contributed by atoms with Crippen molar-refractivity contribution in [3.8, 4) is 5.75 Å². The van der Waals surface area contributed by atoms with Crippen LogP contribution in [0.15, 0.2) is 30.3 Å². The topological polar surface area (TPSA) is 54.0 Å². The number of Topliss-reactive ketones (excluding diaryl/α,β-unsaturated/α-hetero) is 1. The van der Waals surface area contributed by atoms with Gasteiger partial charge in [-0.25, -0.2) is 0 Å². The zero-order valence-electron chi connectivity index (χ0n) is 12.5. The summed E-state index contributed by atoms with van der Waals surface area (Å²) in [6, 6.07) is 7.54. The molecule has 0 unspecified atom stereocenters. The number of ether oxygens (including phenoxy) is 4. The largest absolute Gasteiger partial charge is 0.497 e. The first-order chi connectivity index (χ1) is 10.0. The van der Waals surface area contributed by atoms with Crippen LogP contribution in [0.25, 0.3) is 6.08 Å². The van der Waals surface area contributed by atoms with Crippen molar-refractivity contribution in [3.05, 3.63) is 35.9 Å². The van der Waals surface area contributed by atoms with Gasteiger partial charge in [0.15, 0.2) is 5.78 Å². The van der Waals surface area contributed by atoms with Crippen LogP contribution in [0.5, 0.6) is 5.75 Å². The lowest BCUT2D eigenvalue weighted by atomic mass is 10.2. The highest BCUT2D eigenvalue weighted by Crippen LogP contribution is 2.24. The summed E-state index contributed by atoms with van der Waals surface area (Å²) in [4.78, 5) is 11.2. The number of benzene rings is 1. The van der Waals surface area contributed by atoms with E-state index < -0.39 is 5.97 Å². The Balaban J connectivity index is 2.13. The van der Waals surface area contributed by atoms with Gasteiger partial charge in [0.05, 0.1) is 13.2 Å². The molecule has 0 bridgehead atoms. The molecule has 5 nitrogen and oxygen atoms in total. The summed E-state index contributed by atoms with van der Waals surface area (Å²) in [6.45, 7) is 3.73. The Bertz CT molecular complexity index is 494. The summed E-state index contributed by atoms with van der Waals surface area (Å²) in [5, 5.41) is 0. The van der Waals surface area contributed by atoms with Crippen LogP contribution in [0.4, 0.5) is 0 Å². The van der Waals surface area contributed by atoms with E-state index in [0.717, 1.165) is 11.3 Å². The number of methoxy groups -OCH3 is 1. The van der Waals surface area contributed by atoms with Gasteiger partial charge in [-0.15, -0.1) is 0 Å². The smallest absolute Gasteiger partial charge is 0.306 e. The molecule has 5 heteroatoms. The number of hydrogen-bond acceptors (Lipinski definition) is 5. The van der Waals surface area contributed by atoms with E-state index in [2.05, 4.69) is 0 Å². The lowest BCUT2D eigenvalue weighted by Gasteiger charge is -2.34. The Morgan fingerprint density at radius 1 is 1.19 bits per heavy atom. The van der Waals surface area contributed by atoms with Gasteiger partial charge in [0, 0.05) is 6.08 Å².